The molecule has 6 nitrogen and oxygen atoms in total. The highest BCUT2D eigenvalue weighted by Gasteiger charge is 2.17. The van der Waals surface area contributed by atoms with E-state index >= 15 is 0 Å². The summed E-state index contributed by atoms with van der Waals surface area (Å²) >= 11 is 5.97. The molecule has 1 amide bonds. The van der Waals surface area contributed by atoms with Crippen molar-refractivity contribution in [3.63, 3.8) is 0 Å². The fourth-order valence-corrected chi connectivity index (χ4v) is 2.53. The Balaban J connectivity index is 1.71. The Bertz CT molecular complexity index is 658. The van der Waals surface area contributed by atoms with Crippen molar-refractivity contribution < 1.29 is 4.79 Å². The third-order valence-electron chi connectivity index (χ3n) is 3.51. The molecule has 1 aromatic heterocycles. The number of nitrogens with zero attached hydrogens (tertiary/aromatic N) is 4. The average molecular weight is 318 g/mol. The van der Waals surface area contributed by atoms with E-state index in [2.05, 4.69) is 20.2 Å². The van der Waals surface area contributed by atoms with E-state index in [-0.39, 0.29) is 0 Å². The van der Waals surface area contributed by atoms with Crippen molar-refractivity contribution in [3.05, 3.63) is 41.6 Å². The Kier molecular flexibility index (Phi) is 4.39. The zero-order valence-corrected chi connectivity index (χ0v) is 12.7. The maximum Gasteiger partial charge on any atom is 0.229 e. The maximum absolute atomic E-state index is 10.7. The summed E-state index contributed by atoms with van der Waals surface area (Å²) in [5.41, 5.74) is 0.843. The number of halogens is 1. The smallest absolute Gasteiger partial charge is 0.229 e. The van der Waals surface area contributed by atoms with Crippen LogP contribution in [0.15, 0.2) is 36.5 Å². The lowest BCUT2D eigenvalue weighted by molar-refractivity contribution is -0.118. The van der Waals surface area contributed by atoms with Gasteiger partial charge in [-0.2, -0.15) is 4.98 Å². The van der Waals surface area contributed by atoms with Crippen molar-refractivity contribution in [1.29, 1.82) is 0 Å². The summed E-state index contributed by atoms with van der Waals surface area (Å²) in [5.74, 6) is 1.38. The van der Waals surface area contributed by atoms with Crippen LogP contribution < -0.4 is 10.2 Å². The minimum absolute atomic E-state index is 0.526. The maximum atomic E-state index is 10.7. The highest BCUT2D eigenvalue weighted by molar-refractivity contribution is 6.30. The number of benzene rings is 1. The summed E-state index contributed by atoms with van der Waals surface area (Å²) in [6, 6.07) is 9.29. The Morgan fingerprint density at radius 1 is 1.18 bits per heavy atom. The highest BCUT2D eigenvalue weighted by Crippen LogP contribution is 2.20. The van der Waals surface area contributed by atoms with Gasteiger partial charge in [0.2, 0.25) is 12.4 Å². The van der Waals surface area contributed by atoms with Crippen molar-refractivity contribution in [1.82, 2.24) is 14.9 Å². The molecule has 0 atom stereocenters. The minimum Gasteiger partial charge on any atom is -0.353 e. The molecule has 1 fully saturated rings. The van der Waals surface area contributed by atoms with Gasteiger partial charge in [0, 0.05) is 43.1 Å². The van der Waals surface area contributed by atoms with E-state index in [4.69, 9.17) is 11.6 Å². The molecule has 114 valence electrons. The summed E-state index contributed by atoms with van der Waals surface area (Å²) < 4.78 is 0. The van der Waals surface area contributed by atoms with E-state index in [9.17, 15) is 4.79 Å². The second-order valence-corrected chi connectivity index (χ2v) is 5.44. The first-order valence-corrected chi connectivity index (χ1v) is 7.42. The van der Waals surface area contributed by atoms with Gasteiger partial charge >= 0.3 is 0 Å². The Hall–Kier alpha value is -2.34. The molecular weight excluding hydrogens is 302 g/mol. The molecule has 1 aromatic carbocycles. The third kappa shape index (κ3) is 3.46. The van der Waals surface area contributed by atoms with Gasteiger partial charge in [0.1, 0.15) is 5.82 Å². The van der Waals surface area contributed by atoms with Gasteiger partial charge in [-0.1, -0.05) is 17.7 Å². The number of rotatable bonds is 4. The van der Waals surface area contributed by atoms with E-state index in [1.807, 2.05) is 30.3 Å². The molecule has 2 aromatic rings. The first-order chi connectivity index (χ1) is 10.7. The van der Waals surface area contributed by atoms with Crippen molar-refractivity contribution in [2.45, 2.75) is 0 Å². The van der Waals surface area contributed by atoms with Gasteiger partial charge in [0.15, 0.2) is 0 Å². The number of carbonyl (C=O) groups excluding carboxylic acids is 1. The summed E-state index contributed by atoms with van der Waals surface area (Å²) in [7, 11) is 0. The molecule has 0 bridgehead atoms. The number of aromatic nitrogens is 2. The molecule has 0 saturated carbocycles. The number of anilines is 3. The highest BCUT2D eigenvalue weighted by atomic mass is 35.5. The van der Waals surface area contributed by atoms with Gasteiger partial charge in [-0.25, -0.2) is 4.98 Å². The lowest BCUT2D eigenvalue weighted by Gasteiger charge is -2.33. The van der Waals surface area contributed by atoms with Gasteiger partial charge < -0.3 is 15.1 Å². The van der Waals surface area contributed by atoms with Crippen LogP contribution in [-0.2, 0) is 4.79 Å². The number of carbonyl (C=O) groups is 1. The number of piperazine rings is 1. The van der Waals surface area contributed by atoms with Crippen molar-refractivity contribution >= 4 is 35.5 Å². The fourth-order valence-electron chi connectivity index (χ4n) is 2.34. The predicted octanol–water partition coefficient (Wildman–Crippen LogP) is 2.15. The largest absolute Gasteiger partial charge is 0.353 e. The molecule has 1 N–H and O–H groups in total. The average Bonchev–Trinajstić information content (AvgIpc) is 2.55. The molecule has 0 spiro atoms. The van der Waals surface area contributed by atoms with Gasteiger partial charge in [0.05, 0.1) is 0 Å². The molecule has 1 aliphatic rings. The van der Waals surface area contributed by atoms with Crippen molar-refractivity contribution in [2.24, 2.45) is 0 Å². The van der Waals surface area contributed by atoms with E-state index < -0.39 is 0 Å². The molecule has 2 heterocycles. The van der Waals surface area contributed by atoms with Crippen LogP contribution in [0.1, 0.15) is 0 Å². The van der Waals surface area contributed by atoms with Crippen LogP contribution in [0.5, 0.6) is 0 Å². The Morgan fingerprint density at radius 2 is 2.00 bits per heavy atom. The second kappa shape index (κ2) is 6.62. The number of nitrogens with one attached hydrogen (secondary N) is 1. The van der Waals surface area contributed by atoms with Gasteiger partial charge in [-0.15, -0.1) is 0 Å². The quantitative estimate of drug-likeness (QED) is 0.876. The number of hydrogen-bond acceptors (Lipinski definition) is 5. The van der Waals surface area contributed by atoms with Crippen LogP contribution in [-0.4, -0.2) is 47.5 Å². The van der Waals surface area contributed by atoms with E-state index in [0.717, 1.165) is 31.0 Å². The van der Waals surface area contributed by atoms with Crippen LogP contribution >= 0.6 is 11.6 Å². The molecule has 0 aliphatic carbocycles. The SMILES string of the molecule is O=CN1CCN(c2ccnc(Nc3cccc(Cl)c3)n2)CC1. The van der Waals surface area contributed by atoms with E-state index in [1.54, 1.807) is 11.1 Å². The van der Waals surface area contributed by atoms with Crippen LogP contribution in [0.4, 0.5) is 17.5 Å². The number of amides is 1. The molecule has 22 heavy (non-hydrogen) atoms. The third-order valence-corrected chi connectivity index (χ3v) is 3.74. The monoisotopic (exact) mass is 317 g/mol. The van der Waals surface area contributed by atoms with E-state index in [1.165, 1.54) is 0 Å². The molecule has 1 aliphatic heterocycles. The summed E-state index contributed by atoms with van der Waals surface area (Å²) in [4.78, 5) is 23.4. The summed E-state index contributed by atoms with van der Waals surface area (Å²) in [5, 5.41) is 3.80. The molecule has 0 unspecified atom stereocenters. The molecular formula is C15H16ClN5O. The first kappa shape index (κ1) is 14.6. The standard InChI is InChI=1S/C15H16ClN5O/c16-12-2-1-3-13(10-12)18-15-17-5-4-14(19-15)21-8-6-20(11-22)7-9-21/h1-5,10-11H,6-9H2,(H,17,18,19). The lowest BCUT2D eigenvalue weighted by atomic mass is 10.3. The summed E-state index contributed by atoms with van der Waals surface area (Å²) in [6.07, 6.45) is 2.62. The lowest BCUT2D eigenvalue weighted by Crippen LogP contribution is -2.46. The molecule has 7 heteroatoms. The van der Waals surface area contributed by atoms with Crippen LogP contribution in [0.3, 0.4) is 0 Å². The topological polar surface area (TPSA) is 61.4 Å². The fraction of sp³-hybridized carbons (Fsp3) is 0.267. The molecule has 0 radical (unpaired) electrons. The van der Waals surface area contributed by atoms with Crippen molar-refractivity contribution in [3.8, 4) is 0 Å². The van der Waals surface area contributed by atoms with E-state index in [0.29, 0.717) is 24.1 Å². The first-order valence-electron chi connectivity index (χ1n) is 7.04. The van der Waals surface area contributed by atoms with Crippen LogP contribution in [0.25, 0.3) is 0 Å². The number of hydrogen-bond donors (Lipinski definition) is 1. The Morgan fingerprint density at radius 3 is 2.73 bits per heavy atom. The van der Waals surface area contributed by atoms with Gasteiger partial charge in [0.25, 0.3) is 0 Å². The summed E-state index contributed by atoms with van der Waals surface area (Å²) in [6.45, 7) is 2.97. The normalized spacial score (nSPS) is 14.8. The molecule has 1 saturated heterocycles. The zero-order valence-electron chi connectivity index (χ0n) is 11.9. The van der Waals surface area contributed by atoms with Crippen LogP contribution in [0.2, 0.25) is 5.02 Å². The zero-order chi connectivity index (χ0) is 15.4. The Labute approximate surface area is 133 Å². The van der Waals surface area contributed by atoms with Gasteiger partial charge in [-0.05, 0) is 24.3 Å². The van der Waals surface area contributed by atoms with Crippen molar-refractivity contribution in [2.75, 3.05) is 36.4 Å². The van der Waals surface area contributed by atoms with Gasteiger partial charge in [-0.3, -0.25) is 4.79 Å². The minimum atomic E-state index is 0.526. The van der Waals surface area contributed by atoms with Crippen LogP contribution in [0, 0.1) is 0 Å². The predicted molar refractivity (Wildman–Crippen MR) is 86.6 cm³/mol. The molecule has 3 rings (SSSR count). The second-order valence-electron chi connectivity index (χ2n) is 5.00.